The quantitative estimate of drug-likeness (QED) is 0.544. The van der Waals surface area contributed by atoms with Gasteiger partial charge in [-0.25, -0.2) is 0 Å². The van der Waals surface area contributed by atoms with E-state index in [0.717, 1.165) is 24.9 Å². The van der Waals surface area contributed by atoms with Gasteiger partial charge in [-0.1, -0.05) is 37.6 Å². The molecule has 0 unspecified atom stereocenters. The van der Waals surface area contributed by atoms with Crippen molar-refractivity contribution < 1.29 is 9.53 Å². The Balaban J connectivity index is 2.03. The fourth-order valence-corrected chi connectivity index (χ4v) is 2.39. The molecule has 5 heteroatoms. The molecular formula is C21H23N3O2. The SMILES string of the molecule is CCCCc1ccc(N/C=C(/C#N)C(=O)Nc2ccccc2OC)cc1. The number of ether oxygens (including phenoxy) is 1. The minimum Gasteiger partial charge on any atom is -0.495 e. The number of methoxy groups -OCH3 is 1. The first-order chi connectivity index (χ1) is 12.7. The van der Waals surface area contributed by atoms with E-state index in [-0.39, 0.29) is 5.57 Å². The highest BCUT2D eigenvalue weighted by molar-refractivity contribution is 6.07. The molecule has 0 aliphatic rings. The average Bonchev–Trinajstić information content (AvgIpc) is 2.68. The molecule has 0 heterocycles. The van der Waals surface area contributed by atoms with Crippen molar-refractivity contribution in [3.05, 3.63) is 65.9 Å². The second-order valence-electron chi connectivity index (χ2n) is 5.77. The Morgan fingerprint density at radius 3 is 2.58 bits per heavy atom. The van der Waals surface area contributed by atoms with Crippen molar-refractivity contribution in [2.24, 2.45) is 0 Å². The van der Waals surface area contributed by atoms with E-state index < -0.39 is 5.91 Å². The van der Waals surface area contributed by atoms with Gasteiger partial charge in [-0.15, -0.1) is 0 Å². The molecule has 0 atom stereocenters. The number of nitrogens with one attached hydrogen (secondary N) is 2. The fraction of sp³-hybridized carbons (Fsp3) is 0.238. The van der Waals surface area contributed by atoms with Gasteiger partial charge in [0.25, 0.3) is 5.91 Å². The Labute approximate surface area is 154 Å². The van der Waals surface area contributed by atoms with E-state index in [4.69, 9.17) is 4.74 Å². The monoisotopic (exact) mass is 349 g/mol. The van der Waals surface area contributed by atoms with Gasteiger partial charge < -0.3 is 15.4 Å². The van der Waals surface area contributed by atoms with Gasteiger partial charge in [0.2, 0.25) is 0 Å². The van der Waals surface area contributed by atoms with Crippen LogP contribution in [0.3, 0.4) is 0 Å². The normalized spacial score (nSPS) is 10.7. The first kappa shape index (κ1) is 19.1. The summed E-state index contributed by atoms with van der Waals surface area (Å²) in [4.78, 5) is 12.3. The summed E-state index contributed by atoms with van der Waals surface area (Å²) in [5, 5.41) is 15.0. The second-order valence-corrected chi connectivity index (χ2v) is 5.77. The largest absolute Gasteiger partial charge is 0.495 e. The number of hydrogen-bond donors (Lipinski definition) is 2. The molecular weight excluding hydrogens is 326 g/mol. The van der Waals surface area contributed by atoms with E-state index >= 15 is 0 Å². The predicted octanol–water partition coefficient (Wildman–Crippen LogP) is 4.50. The number of para-hydroxylation sites is 2. The van der Waals surface area contributed by atoms with Crippen molar-refractivity contribution in [1.82, 2.24) is 0 Å². The Morgan fingerprint density at radius 2 is 1.92 bits per heavy atom. The van der Waals surface area contributed by atoms with Crippen molar-refractivity contribution in [2.75, 3.05) is 17.7 Å². The third-order valence-corrected chi connectivity index (χ3v) is 3.88. The fourth-order valence-electron chi connectivity index (χ4n) is 2.39. The maximum absolute atomic E-state index is 12.3. The molecule has 134 valence electrons. The van der Waals surface area contributed by atoms with Crippen LogP contribution in [-0.2, 0) is 11.2 Å². The number of rotatable bonds is 8. The molecule has 0 spiro atoms. The zero-order valence-corrected chi connectivity index (χ0v) is 15.1. The van der Waals surface area contributed by atoms with Gasteiger partial charge >= 0.3 is 0 Å². The van der Waals surface area contributed by atoms with Crippen LogP contribution in [0.15, 0.2) is 60.3 Å². The van der Waals surface area contributed by atoms with Crippen LogP contribution in [0.5, 0.6) is 5.75 Å². The number of amides is 1. The molecule has 0 saturated carbocycles. The summed E-state index contributed by atoms with van der Waals surface area (Å²) in [6, 6.07) is 16.9. The van der Waals surface area contributed by atoms with E-state index in [1.54, 1.807) is 24.3 Å². The van der Waals surface area contributed by atoms with Crippen LogP contribution in [0.1, 0.15) is 25.3 Å². The minimum absolute atomic E-state index is 0.0223. The molecule has 0 aromatic heterocycles. The van der Waals surface area contributed by atoms with Crippen molar-refractivity contribution >= 4 is 17.3 Å². The molecule has 0 bridgehead atoms. The lowest BCUT2D eigenvalue weighted by Gasteiger charge is -2.09. The highest BCUT2D eigenvalue weighted by Gasteiger charge is 2.11. The summed E-state index contributed by atoms with van der Waals surface area (Å²) >= 11 is 0. The van der Waals surface area contributed by atoms with Crippen molar-refractivity contribution in [1.29, 1.82) is 5.26 Å². The van der Waals surface area contributed by atoms with Crippen LogP contribution in [0.2, 0.25) is 0 Å². The third kappa shape index (κ3) is 5.38. The first-order valence-corrected chi connectivity index (χ1v) is 8.58. The molecule has 2 aromatic carbocycles. The minimum atomic E-state index is -0.496. The van der Waals surface area contributed by atoms with Crippen molar-refractivity contribution in [3.63, 3.8) is 0 Å². The zero-order valence-electron chi connectivity index (χ0n) is 15.1. The smallest absolute Gasteiger partial charge is 0.267 e. The standard InChI is InChI=1S/C21H23N3O2/c1-3-4-7-16-10-12-18(13-11-16)23-15-17(14-22)21(25)24-19-8-5-6-9-20(19)26-2/h5-6,8-13,15,23H,3-4,7H2,1-2H3,(H,24,25)/b17-15-. The van der Waals surface area contributed by atoms with E-state index in [0.29, 0.717) is 11.4 Å². The van der Waals surface area contributed by atoms with Crippen LogP contribution in [0, 0.1) is 11.3 Å². The maximum Gasteiger partial charge on any atom is 0.267 e. The van der Waals surface area contributed by atoms with E-state index in [9.17, 15) is 10.1 Å². The number of nitriles is 1. The zero-order chi connectivity index (χ0) is 18.8. The second kappa shape index (κ2) is 9.90. The number of anilines is 2. The van der Waals surface area contributed by atoms with Gasteiger partial charge in [-0.3, -0.25) is 4.79 Å². The Bertz CT molecular complexity index is 805. The number of carbonyl (C=O) groups is 1. The Kier molecular flexibility index (Phi) is 7.26. The Morgan fingerprint density at radius 1 is 1.19 bits per heavy atom. The molecule has 0 saturated heterocycles. The number of aryl methyl sites for hydroxylation is 1. The van der Waals surface area contributed by atoms with Crippen LogP contribution < -0.4 is 15.4 Å². The lowest BCUT2D eigenvalue weighted by Crippen LogP contribution is -2.15. The number of hydrogen-bond acceptors (Lipinski definition) is 4. The van der Waals surface area contributed by atoms with Gasteiger partial charge in [-0.2, -0.15) is 5.26 Å². The lowest BCUT2D eigenvalue weighted by atomic mass is 10.1. The van der Waals surface area contributed by atoms with Gasteiger partial charge in [0.1, 0.15) is 17.4 Å². The number of benzene rings is 2. The number of carbonyl (C=O) groups excluding carboxylic acids is 1. The van der Waals surface area contributed by atoms with Crippen LogP contribution >= 0.6 is 0 Å². The third-order valence-electron chi connectivity index (χ3n) is 3.88. The van der Waals surface area contributed by atoms with Gasteiger partial charge in [0.05, 0.1) is 12.8 Å². The molecule has 26 heavy (non-hydrogen) atoms. The van der Waals surface area contributed by atoms with Crippen LogP contribution in [0.25, 0.3) is 0 Å². The lowest BCUT2D eigenvalue weighted by molar-refractivity contribution is -0.112. The molecule has 2 rings (SSSR count). The van der Waals surface area contributed by atoms with E-state index in [1.807, 2.05) is 30.3 Å². The molecule has 2 aromatic rings. The van der Waals surface area contributed by atoms with Crippen molar-refractivity contribution in [3.8, 4) is 11.8 Å². The summed E-state index contributed by atoms with van der Waals surface area (Å²) in [6.45, 7) is 2.17. The van der Waals surface area contributed by atoms with Gasteiger partial charge in [0.15, 0.2) is 0 Å². The topological polar surface area (TPSA) is 74.2 Å². The summed E-state index contributed by atoms with van der Waals surface area (Å²) in [5.41, 5.74) is 2.59. The highest BCUT2D eigenvalue weighted by Crippen LogP contribution is 2.23. The molecule has 0 aliphatic carbocycles. The van der Waals surface area contributed by atoms with Gasteiger partial charge in [0, 0.05) is 11.9 Å². The predicted molar refractivity (Wildman–Crippen MR) is 104 cm³/mol. The summed E-state index contributed by atoms with van der Waals surface area (Å²) in [6.07, 6.45) is 4.78. The molecule has 0 aliphatic heterocycles. The maximum atomic E-state index is 12.3. The van der Waals surface area contributed by atoms with E-state index in [2.05, 4.69) is 17.6 Å². The van der Waals surface area contributed by atoms with Crippen LogP contribution in [0.4, 0.5) is 11.4 Å². The Hall–Kier alpha value is -3.26. The molecule has 2 N–H and O–H groups in total. The molecule has 5 nitrogen and oxygen atoms in total. The van der Waals surface area contributed by atoms with Crippen LogP contribution in [-0.4, -0.2) is 13.0 Å². The highest BCUT2D eigenvalue weighted by atomic mass is 16.5. The average molecular weight is 349 g/mol. The molecule has 0 radical (unpaired) electrons. The first-order valence-electron chi connectivity index (χ1n) is 8.58. The number of unbranched alkanes of at least 4 members (excludes halogenated alkanes) is 1. The van der Waals surface area contributed by atoms with Gasteiger partial charge in [-0.05, 0) is 42.7 Å². The summed E-state index contributed by atoms with van der Waals surface area (Å²) in [7, 11) is 1.53. The van der Waals surface area contributed by atoms with Crippen molar-refractivity contribution in [2.45, 2.75) is 26.2 Å². The van der Waals surface area contributed by atoms with E-state index in [1.165, 1.54) is 18.9 Å². The molecule has 0 fully saturated rings. The summed E-state index contributed by atoms with van der Waals surface area (Å²) < 4.78 is 5.20. The summed E-state index contributed by atoms with van der Waals surface area (Å²) in [5.74, 6) is 0.0397. The number of nitrogens with zero attached hydrogens (tertiary/aromatic N) is 1. The molecule has 1 amide bonds.